The Labute approximate surface area is 161 Å². The molecule has 0 atom stereocenters. The third-order valence-electron chi connectivity index (χ3n) is 3.65. The molecule has 0 bridgehead atoms. The van der Waals surface area contributed by atoms with Crippen LogP contribution < -0.4 is 10.6 Å². The predicted octanol–water partition coefficient (Wildman–Crippen LogP) is 4.24. The molecule has 0 aliphatic rings. The van der Waals surface area contributed by atoms with E-state index in [9.17, 15) is 9.59 Å². The van der Waals surface area contributed by atoms with Crippen LogP contribution in [0.25, 0.3) is 0 Å². The van der Waals surface area contributed by atoms with Crippen molar-refractivity contribution in [1.29, 1.82) is 0 Å². The summed E-state index contributed by atoms with van der Waals surface area (Å²) >= 11 is 1.54. The van der Waals surface area contributed by atoms with Gasteiger partial charge in [-0.3, -0.25) is 4.79 Å². The predicted molar refractivity (Wildman–Crippen MR) is 107 cm³/mol. The van der Waals surface area contributed by atoms with Crippen molar-refractivity contribution in [2.45, 2.75) is 13.3 Å². The molecular weight excluding hydrogens is 362 g/mol. The molecule has 27 heavy (non-hydrogen) atoms. The van der Waals surface area contributed by atoms with Crippen LogP contribution in [0.2, 0.25) is 0 Å². The lowest BCUT2D eigenvalue weighted by Gasteiger charge is -2.11. The van der Waals surface area contributed by atoms with E-state index in [1.165, 1.54) is 0 Å². The number of carbonyl (C=O) groups excluding carboxylic acids is 2. The number of ether oxygens (including phenoxy) is 1. The molecule has 1 aromatic carbocycles. The third-order valence-corrected chi connectivity index (χ3v) is 4.52. The van der Waals surface area contributed by atoms with Gasteiger partial charge in [0.1, 0.15) is 5.82 Å². The van der Waals surface area contributed by atoms with E-state index in [1.54, 1.807) is 54.8 Å². The summed E-state index contributed by atoms with van der Waals surface area (Å²) in [6, 6.07) is 14.4. The van der Waals surface area contributed by atoms with Crippen LogP contribution in [0, 0.1) is 0 Å². The minimum atomic E-state index is -0.383. The van der Waals surface area contributed by atoms with Crippen molar-refractivity contribution in [2.24, 2.45) is 0 Å². The third kappa shape index (κ3) is 5.15. The molecule has 3 rings (SSSR count). The highest BCUT2D eigenvalue weighted by molar-refractivity contribution is 7.10. The quantitative estimate of drug-likeness (QED) is 0.598. The average Bonchev–Trinajstić information content (AvgIpc) is 3.17. The van der Waals surface area contributed by atoms with Crippen LogP contribution in [0.15, 0.2) is 60.1 Å². The topological polar surface area (TPSA) is 80.3 Å². The maximum atomic E-state index is 12.0. The Morgan fingerprint density at radius 1 is 1.11 bits per heavy atom. The van der Waals surface area contributed by atoms with Gasteiger partial charge in [0, 0.05) is 4.88 Å². The second-order valence-electron chi connectivity index (χ2n) is 5.63. The fourth-order valence-electron chi connectivity index (χ4n) is 2.43. The Morgan fingerprint density at radius 2 is 1.96 bits per heavy atom. The maximum Gasteiger partial charge on any atom is 0.340 e. The first-order valence-corrected chi connectivity index (χ1v) is 9.35. The molecule has 2 aromatic heterocycles. The lowest BCUT2D eigenvalue weighted by atomic mass is 10.1. The second kappa shape index (κ2) is 8.95. The number of benzene rings is 1. The van der Waals surface area contributed by atoms with Gasteiger partial charge >= 0.3 is 5.97 Å². The number of hydrogen-bond donors (Lipinski definition) is 2. The van der Waals surface area contributed by atoms with E-state index < -0.39 is 0 Å². The summed E-state index contributed by atoms with van der Waals surface area (Å²) < 4.78 is 5.07. The van der Waals surface area contributed by atoms with E-state index >= 15 is 0 Å². The molecule has 0 fully saturated rings. The van der Waals surface area contributed by atoms with E-state index in [-0.39, 0.29) is 11.9 Å². The number of nitrogens with zero attached hydrogens (tertiary/aromatic N) is 1. The fraction of sp³-hybridized carbons (Fsp3) is 0.150. The van der Waals surface area contributed by atoms with Gasteiger partial charge in [0.25, 0.3) is 0 Å². The number of aromatic nitrogens is 1. The molecular formula is C20H19N3O3S. The van der Waals surface area contributed by atoms with Crippen molar-refractivity contribution in [3.8, 4) is 0 Å². The molecule has 138 valence electrons. The number of nitrogens with one attached hydrogen (secondary N) is 2. The molecule has 2 heterocycles. The number of carbonyl (C=O) groups is 2. The smallest absolute Gasteiger partial charge is 0.340 e. The van der Waals surface area contributed by atoms with Crippen LogP contribution in [-0.2, 0) is 16.0 Å². The van der Waals surface area contributed by atoms with Crippen LogP contribution in [0.1, 0.15) is 22.2 Å². The SMILES string of the molecule is CCOC(=O)c1ccccc1Nc1ccc(NC(=O)Cc2cccs2)nc1. The summed E-state index contributed by atoms with van der Waals surface area (Å²) in [6.07, 6.45) is 1.93. The van der Waals surface area contributed by atoms with Gasteiger partial charge in [-0.2, -0.15) is 0 Å². The summed E-state index contributed by atoms with van der Waals surface area (Å²) in [7, 11) is 0. The van der Waals surface area contributed by atoms with Crippen LogP contribution in [0.5, 0.6) is 0 Å². The number of anilines is 3. The highest BCUT2D eigenvalue weighted by Crippen LogP contribution is 2.22. The lowest BCUT2D eigenvalue weighted by Crippen LogP contribution is -2.14. The number of hydrogen-bond acceptors (Lipinski definition) is 6. The normalized spacial score (nSPS) is 10.3. The van der Waals surface area contributed by atoms with Crippen molar-refractivity contribution < 1.29 is 14.3 Å². The Morgan fingerprint density at radius 3 is 2.67 bits per heavy atom. The van der Waals surface area contributed by atoms with Crippen LogP contribution in [-0.4, -0.2) is 23.5 Å². The highest BCUT2D eigenvalue weighted by atomic mass is 32.1. The van der Waals surface area contributed by atoms with Gasteiger partial charge in [0.05, 0.1) is 36.2 Å². The summed E-state index contributed by atoms with van der Waals surface area (Å²) in [6.45, 7) is 2.08. The van der Waals surface area contributed by atoms with Crippen LogP contribution >= 0.6 is 11.3 Å². The van der Waals surface area contributed by atoms with Gasteiger partial charge in [0.2, 0.25) is 5.91 Å². The van der Waals surface area contributed by atoms with Crippen molar-refractivity contribution >= 4 is 40.4 Å². The Bertz CT molecular complexity index is 908. The Kier molecular flexibility index (Phi) is 6.17. The molecule has 0 radical (unpaired) electrons. The molecule has 6 nitrogen and oxygen atoms in total. The maximum absolute atomic E-state index is 12.0. The Balaban J connectivity index is 1.64. The van der Waals surface area contributed by atoms with E-state index in [4.69, 9.17) is 4.74 Å². The number of amides is 1. The first-order chi connectivity index (χ1) is 13.2. The van der Waals surface area contributed by atoms with Crippen LogP contribution in [0.3, 0.4) is 0 Å². The van der Waals surface area contributed by atoms with E-state index in [1.807, 2.05) is 23.6 Å². The second-order valence-corrected chi connectivity index (χ2v) is 6.66. The van der Waals surface area contributed by atoms with Crippen molar-refractivity contribution in [3.63, 3.8) is 0 Å². The molecule has 0 aliphatic heterocycles. The summed E-state index contributed by atoms with van der Waals surface area (Å²) in [5.41, 5.74) is 1.78. The van der Waals surface area contributed by atoms with E-state index in [2.05, 4.69) is 15.6 Å². The van der Waals surface area contributed by atoms with Gasteiger partial charge in [-0.25, -0.2) is 9.78 Å². The van der Waals surface area contributed by atoms with Crippen molar-refractivity contribution in [2.75, 3.05) is 17.2 Å². The van der Waals surface area contributed by atoms with Crippen molar-refractivity contribution in [3.05, 3.63) is 70.5 Å². The summed E-state index contributed by atoms with van der Waals surface area (Å²) in [4.78, 5) is 29.3. The standard InChI is InChI=1S/C20H19N3O3S/c1-2-26-20(25)16-7-3-4-8-17(16)22-14-9-10-18(21-13-14)23-19(24)12-15-6-5-11-27-15/h3-11,13,22H,2,12H2,1H3,(H,21,23,24). The van der Waals surface area contributed by atoms with Crippen LogP contribution in [0.4, 0.5) is 17.2 Å². The summed E-state index contributed by atoms with van der Waals surface area (Å²) in [5, 5.41) is 7.87. The van der Waals surface area contributed by atoms with Gasteiger partial charge in [-0.15, -0.1) is 11.3 Å². The monoisotopic (exact) mass is 381 g/mol. The number of pyridine rings is 1. The van der Waals surface area contributed by atoms with Gasteiger partial charge < -0.3 is 15.4 Å². The zero-order chi connectivity index (χ0) is 19.1. The zero-order valence-corrected chi connectivity index (χ0v) is 15.6. The largest absolute Gasteiger partial charge is 0.462 e. The first kappa shape index (κ1) is 18.6. The van der Waals surface area contributed by atoms with E-state index in [0.29, 0.717) is 35.8 Å². The molecule has 1 amide bonds. The average molecular weight is 381 g/mol. The summed E-state index contributed by atoms with van der Waals surface area (Å²) in [5.74, 6) is -0.0230. The lowest BCUT2D eigenvalue weighted by molar-refractivity contribution is -0.115. The fourth-order valence-corrected chi connectivity index (χ4v) is 3.14. The Hall–Kier alpha value is -3.19. The molecule has 3 aromatic rings. The molecule has 0 aliphatic carbocycles. The highest BCUT2D eigenvalue weighted by Gasteiger charge is 2.12. The first-order valence-electron chi connectivity index (χ1n) is 8.47. The molecule has 0 saturated carbocycles. The minimum Gasteiger partial charge on any atom is -0.462 e. The van der Waals surface area contributed by atoms with E-state index in [0.717, 1.165) is 4.88 Å². The van der Waals surface area contributed by atoms with Gasteiger partial charge in [0.15, 0.2) is 0 Å². The number of esters is 1. The molecule has 0 spiro atoms. The molecule has 7 heteroatoms. The minimum absolute atomic E-state index is 0.113. The van der Waals surface area contributed by atoms with Gasteiger partial charge in [-0.05, 0) is 42.6 Å². The number of thiophene rings is 1. The molecule has 2 N–H and O–H groups in total. The molecule has 0 saturated heterocycles. The number of para-hydroxylation sites is 1. The zero-order valence-electron chi connectivity index (χ0n) is 14.8. The number of rotatable bonds is 7. The van der Waals surface area contributed by atoms with Gasteiger partial charge in [-0.1, -0.05) is 18.2 Å². The van der Waals surface area contributed by atoms with Crippen molar-refractivity contribution in [1.82, 2.24) is 4.98 Å². The molecule has 0 unspecified atom stereocenters.